The second kappa shape index (κ2) is 4.19. The zero-order valence-corrected chi connectivity index (χ0v) is 8.28. The average Bonchev–Trinajstić information content (AvgIpc) is 2.06. The van der Waals surface area contributed by atoms with Crippen molar-refractivity contribution < 1.29 is 0 Å². The van der Waals surface area contributed by atoms with E-state index in [0.29, 0.717) is 0 Å². The van der Waals surface area contributed by atoms with Gasteiger partial charge in [0.2, 0.25) is 0 Å². The topological polar surface area (TPSA) is 23.8 Å². The normalized spacial score (nSPS) is 8.64. The predicted molar refractivity (Wildman–Crippen MR) is 46.6 cm³/mol. The van der Waals surface area contributed by atoms with Crippen molar-refractivity contribution in [3.05, 3.63) is 40.5 Å². The first-order valence-corrected chi connectivity index (χ1v) is 5.48. The molecule has 0 N–H and O–H groups in total. The first-order valence-electron chi connectivity index (χ1n) is 3.15. The second-order valence-corrected chi connectivity index (χ2v) is 5.28. The molecule has 11 heavy (non-hydrogen) atoms. The maximum absolute atomic E-state index is 8.48. The summed E-state index contributed by atoms with van der Waals surface area (Å²) in [7, 11) is 0. The third kappa shape index (κ3) is 2.76. The van der Waals surface area contributed by atoms with Crippen LogP contribution in [0.1, 0.15) is 0 Å². The van der Waals surface area contributed by atoms with Gasteiger partial charge in [-0.05, 0) is 0 Å². The minimum absolute atomic E-state index is 0.465. The molecule has 0 amide bonds. The number of allylic oxidation sites excluding steroid dienone is 1. The Hall–Kier alpha value is -0.760. The van der Waals surface area contributed by atoms with Crippen LogP contribution in [0.3, 0.4) is 0 Å². The summed E-state index contributed by atoms with van der Waals surface area (Å²) in [6.07, 6.45) is 0. The average molecular weight is 257 g/mol. The molecule has 0 aliphatic carbocycles. The van der Waals surface area contributed by atoms with Crippen LogP contribution in [0.25, 0.3) is 0 Å². The Labute approximate surface area is 76.4 Å². The molecule has 1 aromatic carbocycles. The van der Waals surface area contributed by atoms with Gasteiger partial charge in [0.15, 0.2) is 0 Å². The van der Waals surface area contributed by atoms with Crippen LogP contribution in [0.15, 0.2) is 40.5 Å². The van der Waals surface area contributed by atoms with Gasteiger partial charge in [-0.2, -0.15) is 0 Å². The standard InChI is InChI=1S/C9H7NTe/c1-8(7-10)11-9-5-3-2-4-6-9/h2-6H,1H2. The Morgan fingerprint density at radius 1 is 1.36 bits per heavy atom. The van der Waals surface area contributed by atoms with Crippen LogP contribution in [0, 0.1) is 11.3 Å². The van der Waals surface area contributed by atoms with E-state index in [1.807, 2.05) is 30.3 Å². The number of benzene rings is 1. The molecule has 0 aromatic heterocycles. The molecule has 1 rings (SSSR count). The number of nitrogens with zero attached hydrogens (tertiary/aromatic N) is 1. The van der Waals surface area contributed by atoms with E-state index < -0.39 is 20.9 Å². The van der Waals surface area contributed by atoms with Gasteiger partial charge in [0, 0.05) is 0 Å². The Morgan fingerprint density at radius 3 is 2.55 bits per heavy atom. The van der Waals surface area contributed by atoms with E-state index >= 15 is 0 Å². The van der Waals surface area contributed by atoms with Crippen molar-refractivity contribution in [2.24, 2.45) is 0 Å². The van der Waals surface area contributed by atoms with Gasteiger partial charge in [0.1, 0.15) is 0 Å². The molecule has 1 aromatic rings. The van der Waals surface area contributed by atoms with Crippen LogP contribution in [0.4, 0.5) is 0 Å². The Bertz CT molecular complexity index is 284. The number of rotatable bonds is 2. The molecule has 0 bridgehead atoms. The summed E-state index contributed by atoms with van der Waals surface area (Å²) in [5, 5.41) is 8.48. The first-order chi connectivity index (χ1) is 5.33. The number of hydrogen-bond acceptors (Lipinski definition) is 1. The molecule has 0 atom stereocenters. The molecule has 0 aliphatic rings. The fraction of sp³-hybridized carbons (Fsp3) is 0. The van der Waals surface area contributed by atoms with Crippen LogP contribution in [0.5, 0.6) is 0 Å². The molecule has 1 nitrogen and oxygen atoms in total. The van der Waals surface area contributed by atoms with Crippen molar-refractivity contribution in [2.45, 2.75) is 0 Å². The third-order valence-corrected chi connectivity index (χ3v) is 3.52. The van der Waals surface area contributed by atoms with E-state index in [0.717, 1.165) is 3.62 Å². The van der Waals surface area contributed by atoms with Gasteiger partial charge in [-0.15, -0.1) is 0 Å². The van der Waals surface area contributed by atoms with Crippen molar-refractivity contribution in [3.8, 4) is 6.07 Å². The van der Waals surface area contributed by atoms with Gasteiger partial charge < -0.3 is 0 Å². The van der Waals surface area contributed by atoms with Crippen molar-refractivity contribution in [3.63, 3.8) is 0 Å². The summed E-state index contributed by atoms with van der Waals surface area (Å²) in [5.74, 6) is 0. The minimum atomic E-state index is -0.465. The van der Waals surface area contributed by atoms with Crippen LogP contribution in [0.2, 0.25) is 0 Å². The fourth-order valence-corrected chi connectivity index (χ4v) is 2.43. The molecule has 0 heterocycles. The molecule has 0 unspecified atom stereocenters. The number of hydrogen-bond donors (Lipinski definition) is 0. The van der Waals surface area contributed by atoms with E-state index in [1.165, 1.54) is 3.61 Å². The molecule has 0 aliphatic heterocycles. The van der Waals surface area contributed by atoms with Gasteiger partial charge >= 0.3 is 76.4 Å². The van der Waals surface area contributed by atoms with Crippen LogP contribution in [-0.4, -0.2) is 20.9 Å². The Morgan fingerprint density at radius 2 is 2.00 bits per heavy atom. The first kappa shape index (κ1) is 8.34. The second-order valence-electron chi connectivity index (χ2n) is 1.95. The summed E-state index contributed by atoms with van der Waals surface area (Å²) in [6.45, 7) is 3.67. The SMILES string of the molecule is C=C(C#N)[Te]c1ccccc1. The van der Waals surface area contributed by atoms with Gasteiger partial charge in [0.05, 0.1) is 0 Å². The molecule has 2 heteroatoms. The summed E-state index contributed by atoms with van der Waals surface area (Å²) in [5.41, 5.74) is 0. The molecule has 0 spiro atoms. The maximum atomic E-state index is 8.48. The molecule has 0 saturated heterocycles. The molecular formula is C9H7NTe. The quantitative estimate of drug-likeness (QED) is 0.573. The van der Waals surface area contributed by atoms with Crippen LogP contribution in [-0.2, 0) is 0 Å². The van der Waals surface area contributed by atoms with Gasteiger partial charge in [-0.3, -0.25) is 0 Å². The Balaban J connectivity index is 2.67. The van der Waals surface area contributed by atoms with Gasteiger partial charge in [-0.1, -0.05) is 0 Å². The van der Waals surface area contributed by atoms with Gasteiger partial charge in [-0.25, -0.2) is 0 Å². The summed E-state index contributed by atoms with van der Waals surface area (Å²) in [6, 6.07) is 12.1. The van der Waals surface area contributed by atoms with Crippen molar-refractivity contribution in [1.29, 1.82) is 5.26 Å². The molecule has 0 saturated carbocycles. The van der Waals surface area contributed by atoms with Crippen molar-refractivity contribution in [1.82, 2.24) is 0 Å². The fourth-order valence-electron chi connectivity index (χ4n) is 0.654. The molecule has 0 radical (unpaired) electrons. The number of nitriles is 1. The zero-order valence-electron chi connectivity index (χ0n) is 5.95. The third-order valence-electron chi connectivity index (χ3n) is 1.11. The zero-order chi connectivity index (χ0) is 8.10. The van der Waals surface area contributed by atoms with Crippen LogP contribution < -0.4 is 3.61 Å². The predicted octanol–water partition coefficient (Wildman–Crippen LogP) is 1.05. The Kier molecular flexibility index (Phi) is 3.17. The molecule has 54 valence electrons. The van der Waals surface area contributed by atoms with E-state index in [2.05, 4.69) is 12.6 Å². The van der Waals surface area contributed by atoms with E-state index in [1.54, 1.807) is 0 Å². The summed E-state index contributed by atoms with van der Waals surface area (Å²) < 4.78 is 2.01. The summed E-state index contributed by atoms with van der Waals surface area (Å²) in [4.78, 5) is 0. The van der Waals surface area contributed by atoms with Crippen molar-refractivity contribution in [2.75, 3.05) is 0 Å². The van der Waals surface area contributed by atoms with E-state index in [9.17, 15) is 0 Å². The van der Waals surface area contributed by atoms with Crippen molar-refractivity contribution >= 4 is 24.5 Å². The molecular weight excluding hydrogens is 250 g/mol. The van der Waals surface area contributed by atoms with E-state index in [4.69, 9.17) is 5.26 Å². The van der Waals surface area contributed by atoms with E-state index in [-0.39, 0.29) is 0 Å². The summed E-state index contributed by atoms with van der Waals surface area (Å²) >= 11 is -0.465. The van der Waals surface area contributed by atoms with Gasteiger partial charge in [0.25, 0.3) is 0 Å². The molecule has 0 fully saturated rings. The monoisotopic (exact) mass is 259 g/mol. The van der Waals surface area contributed by atoms with Crippen LogP contribution >= 0.6 is 0 Å².